The largest absolute Gasteiger partial charge is 0.391 e. The van der Waals surface area contributed by atoms with E-state index in [1.54, 1.807) is 33.9 Å². The van der Waals surface area contributed by atoms with Crippen LogP contribution in [0.25, 0.3) is 16.6 Å². The first-order valence-electron chi connectivity index (χ1n) is 10.5. The van der Waals surface area contributed by atoms with Crippen LogP contribution in [0.3, 0.4) is 0 Å². The number of sulfonamides is 1. The number of carbonyl (C=O) groups excluding carboxylic acids is 1. The number of anilines is 1. The van der Waals surface area contributed by atoms with E-state index in [2.05, 4.69) is 20.0 Å². The molecule has 34 heavy (non-hydrogen) atoms. The lowest BCUT2D eigenvalue weighted by atomic mass is 9.97. The molecule has 0 atom stereocenters. The maximum Gasteiger partial charge on any atom is 0.232 e. The molecule has 8 nitrogen and oxygen atoms in total. The molecular formula is C23H25F2N5O3S. The Kier molecular flexibility index (Phi) is 7.15. The lowest BCUT2D eigenvalue weighted by Gasteiger charge is -2.12. The van der Waals surface area contributed by atoms with Crippen LogP contribution in [0.4, 0.5) is 14.5 Å². The predicted octanol–water partition coefficient (Wildman–Crippen LogP) is 4.21. The molecule has 0 spiro atoms. The molecule has 0 unspecified atom stereocenters. The molecule has 0 bridgehead atoms. The molecular weight excluding hydrogens is 464 g/mol. The molecule has 1 aromatic carbocycles. The fraction of sp³-hybridized carbons (Fsp3) is 0.261. The van der Waals surface area contributed by atoms with E-state index in [1.807, 2.05) is 0 Å². The molecule has 180 valence electrons. The number of nitrogens with one attached hydrogen (secondary N) is 4. The maximum absolute atomic E-state index is 15.2. The fourth-order valence-electron chi connectivity index (χ4n) is 3.63. The summed E-state index contributed by atoms with van der Waals surface area (Å²) in [6.45, 7) is 5.04. The van der Waals surface area contributed by atoms with E-state index in [9.17, 15) is 17.6 Å². The van der Waals surface area contributed by atoms with Crippen molar-refractivity contribution >= 4 is 43.8 Å². The number of fused-ring (bicyclic) bond motifs is 1. The van der Waals surface area contributed by atoms with Gasteiger partial charge in [0.05, 0.1) is 17.0 Å². The summed E-state index contributed by atoms with van der Waals surface area (Å²) >= 11 is 0. The Hall–Kier alpha value is -3.60. The Bertz CT molecular complexity index is 1430. The third-order valence-electron chi connectivity index (χ3n) is 5.25. The highest BCUT2D eigenvalue weighted by Gasteiger charge is 2.26. The van der Waals surface area contributed by atoms with Gasteiger partial charge in [0.25, 0.3) is 0 Å². The maximum atomic E-state index is 15.2. The smallest absolute Gasteiger partial charge is 0.232 e. The van der Waals surface area contributed by atoms with E-state index in [-0.39, 0.29) is 17.0 Å². The van der Waals surface area contributed by atoms with Crippen molar-refractivity contribution in [3.8, 4) is 0 Å². The zero-order chi connectivity index (χ0) is 25.2. The van der Waals surface area contributed by atoms with Gasteiger partial charge in [0.2, 0.25) is 15.8 Å². The minimum Gasteiger partial charge on any atom is -0.391 e. The van der Waals surface area contributed by atoms with Crippen LogP contribution in [-0.4, -0.2) is 42.7 Å². The molecule has 2 aromatic heterocycles. The van der Waals surface area contributed by atoms with Gasteiger partial charge < -0.3 is 15.7 Å². The lowest BCUT2D eigenvalue weighted by molar-refractivity contribution is 0.103. The van der Waals surface area contributed by atoms with Gasteiger partial charge in [-0.3, -0.25) is 9.52 Å². The summed E-state index contributed by atoms with van der Waals surface area (Å²) in [6.07, 6.45) is 3.13. The Morgan fingerprint density at radius 3 is 2.56 bits per heavy atom. The van der Waals surface area contributed by atoms with Gasteiger partial charge in [0.15, 0.2) is 5.82 Å². The molecule has 2 heterocycles. The van der Waals surface area contributed by atoms with Gasteiger partial charge in [-0.1, -0.05) is 6.92 Å². The normalized spacial score (nSPS) is 12.4. The average Bonchev–Trinajstić information content (AvgIpc) is 3.18. The first-order chi connectivity index (χ1) is 16.0. The number of aromatic amines is 1. The summed E-state index contributed by atoms with van der Waals surface area (Å²) in [5.74, 6) is -3.65. The van der Waals surface area contributed by atoms with Crippen LogP contribution in [0, 0.1) is 17.0 Å². The van der Waals surface area contributed by atoms with Crippen LogP contribution >= 0.6 is 0 Å². The van der Waals surface area contributed by atoms with E-state index in [4.69, 9.17) is 5.41 Å². The average molecular weight is 490 g/mol. The Balaban J connectivity index is 2.14. The van der Waals surface area contributed by atoms with Crippen LogP contribution in [0.2, 0.25) is 0 Å². The van der Waals surface area contributed by atoms with Gasteiger partial charge in [0.1, 0.15) is 11.5 Å². The quantitative estimate of drug-likeness (QED) is 0.264. The highest BCUT2D eigenvalue weighted by atomic mass is 32.2. The third kappa shape index (κ3) is 4.84. The monoisotopic (exact) mass is 489 g/mol. The number of carbonyl (C=O) groups is 1. The Morgan fingerprint density at radius 2 is 1.94 bits per heavy atom. The molecule has 3 aromatic rings. The third-order valence-corrected chi connectivity index (χ3v) is 6.72. The number of pyridine rings is 1. The lowest BCUT2D eigenvalue weighted by Crippen LogP contribution is -2.18. The number of H-pyrrole nitrogens is 1. The number of nitrogens with zero attached hydrogens (tertiary/aromatic N) is 1. The molecule has 4 N–H and O–H groups in total. The van der Waals surface area contributed by atoms with Crippen LogP contribution in [0.1, 0.15) is 48.7 Å². The SMILES string of the molecule is CCCS(=O)(=O)Nc1ccc(F)c(C(=O)c2c[nH]c3ncc(/C(C(C)=N)=C(\C)NC)cc23)c1F. The highest BCUT2D eigenvalue weighted by Crippen LogP contribution is 2.29. The van der Waals surface area contributed by atoms with Crippen LogP contribution in [0.5, 0.6) is 0 Å². The van der Waals surface area contributed by atoms with Gasteiger partial charge in [-0.25, -0.2) is 22.2 Å². The number of rotatable bonds is 9. The summed E-state index contributed by atoms with van der Waals surface area (Å²) in [6, 6.07) is 3.39. The van der Waals surface area contributed by atoms with Crippen molar-refractivity contribution in [1.29, 1.82) is 5.41 Å². The summed E-state index contributed by atoms with van der Waals surface area (Å²) in [5, 5.41) is 11.4. The zero-order valence-corrected chi connectivity index (χ0v) is 20.0. The second kappa shape index (κ2) is 9.72. The number of benzene rings is 1. The topological polar surface area (TPSA) is 128 Å². The number of halogens is 2. The summed E-state index contributed by atoms with van der Waals surface area (Å²) in [4.78, 5) is 20.3. The molecule has 0 aliphatic heterocycles. The number of allylic oxidation sites excluding steroid dienone is 2. The summed E-state index contributed by atoms with van der Waals surface area (Å²) < 4.78 is 56.0. The van der Waals surface area contributed by atoms with Gasteiger partial charge in [-0.05, 0) is 38.5 Å². The standard InChI is InChI=1S/C23H25F2N5O3S/c1-5-8-34(32,33)30-18-7-6-17(24)20(21(18)25)22(31)16-11-29-23-15(16)9-14(10-28-23)19(12(2)26)13(3)27-4/h6-7,9-11,26-27,30H,5,8H2,1-4H3,(H,28,29)/b19-13+,26-12?. The van der Waals surface area contributed by atoms with Crippen molar-refractivity contribution in [2.24, 2.45) is 0 Å². The van der Waals surface area contributed by atoms with Crippen LogP contribution in [-0.2, 0) is 10.0 Å². The number of ketones is 1. The van der Waals surface area contributed by atoms with Crippen LogP contribution in [0.15, 0.2) is 36.3 Å². The zero-order valence-electron chi connectivity index (χ0n) is 19.1. The van der Waals surface area contributed by atoms with Crippen molar-refractivity contribution in [2.45, 2.75) is 27.2 Å². The number of aromatic nitrogens is 2. The van der Waals surface area contributed by atoms with Gasteiger partial charge in [-0.2, -0.15) is 0 Å². The Labute approximate surface area is 196 Å². The molecule has 0 aliphatic carbocycles. The first-order valence-corrected chi connectivity index (χ1v) is 12.1. The molecule has 0 radical (unpaired) electrons. The molecule has 0 saturated heterocycles. The molecule has 3 rings (SSSR count). The van der Waals surface area contributed by atoms with E-state index in [0.717, 1.165) is 12.1 Å². The molecule has 0 amide bonds. The summed E-state index contributed by atoms with van der Waals surface area (Å²) in [5.41, 5.74) is 0.974. The van der Waals surface area contributed by atoms with E-state index < -0.39 is 38.7 Å². The van der Waals surface area contributed by atoms with Gasteiger partial charge in [-0.15, -0.1) is 0 Å². The minimum atomic E-state index is -3.86. The second-order valence-corrected chi connectivity index (χ2v) is 9.57. The van der Waals surface area contributed by atoms with Crippen molar-refractivity contribution in [2.75, 3.05) is 17.5 Å². The summed E-state index contributed by atoms with van der Waals surface area (Å²) in [7, 11) is -2.14. The number of hydrogen-bond donors (Lipinski definition) is 4. The van der Waals surface area contributed by atoms with Crippen LogP contribution < -0.4 is 10.0 Å². The van der Waals surface area contributed by atoms with E-state index >= 15 is 4.39 Å². The highest BCUT2D eigenvalue weighted by molar-refractivity contribution is 7.92. The minimum absolute atomic E-state index is 0.0418. The predicted molar refractivity (Wildman–Crippen MR) is 129 cm³/mol. The molecule has 0 saturated carbocycles. The molecule has 0 fully saturated rings. The first kappa shape index (κ1) is 25.0. The van der Waals surface area contributed by atoms with Crippen molar-refractivity contribution in [3.63, 3.8) is 0 Å². The fourth-order valence-corrected chi connectivity index (χ4v) is 4.76. The second-order valence-electron chi connectivity index (χ2n) is 7.73. The van der Waals surface area contributed by atoms with Crippen molar-refractivity contribution in [3.05, 3.63) is 64.6 Å². The van der Waals surface area contributed by atoms with Crippen molar-refractivity contribution in [1.82, 2.24) is 15.3 Å². The molecule has 0 aliphatic rings. The molecule has 11 heteroatoms. The van der Waals surface area contributed by atoms with Gasteiger partial charge >= 0.3 is 0 Å². The van der Waals surface area contributed by atoms with E-state index in [1.165, 1.54) is 12.4 Å². The van der Waals surface area contributed by atoms with E-state index in [0.29, 0.717) is 34.3 Å². The van der Waals surface area contributed by atoms with Crippen molar-refractivity contribution < 1.29 is 22.0 Å². The number of hydrogen-bond acceptors (Lipinski definition) is 6. The van der Waals surface area contributed by atoms with Gasteiger partial charge in [0, 0.05) is 52.9 Å². The Morgan fingerprint density at radius 1 is 1.24 bits per heavy atom.